The molecule has 0 aromatic carbocycles. The molecular weight excluding hydrogens is 164 g/mol. The van der Waals surface area contributed by atoms with Crippen molar-refractivity contribution in [3.8, 4) is 0 Å². The van der Waals surface area contributed by atoms with Gasteiger partial charge in [0.15, 0.2) is 23.4 Å². The van der Waals surface area contributed by atoms with Crippen LogP contribution in [0.15, 0.2) is 22.9 Å². The molecule has 1 atom stereocenters. The van der Waals surface area contributed by atoms with Crippen molar-refractivity contribution in [1.29, 1.82) is 0 Å². The van der Waals surface area contributed by atoms with Gasteiger partial charge in [-0.3, -0.25) is 4.79 Å². The normalized spacial score (nSPS) is 25.2. The topological polar surface area (TPSA) is 98.0 Å². The van der Waals surface area contributed by atoms with Crippen molar-refractivity contribution < 1.29 is 25.2 Å². The number of Topliss-reactive ketones (excluding diaryl/α,β-unsaturated/α-hetero) is 1. The first-order chi connectivity index (χ1) is 5.46. The Morgan fingerprint density at radius 2 is 1.67 bits per heavy atom. The Bertz CT molecular complexity index is 299. The molecule has 0 heterocycles. The molecule has 12 heavy (non-hydrogen) atoms. The summed E-state index contributed by atoms with van der Waals surface area (Å²) in [7, 11) is 0. The minimum atomic E-state index is -1.85. The summed E-state index contributed by atoms with van der Waals surface area (Å²) in [6.45, 7) is 1.25. The maximum atomic E-state index is 10.8. The monoisotopic (exact) mass is 172 g/mol. The van der Waals surface area contributed by atoms with E-state index in [1.807, 2.05) is 0 Å². The van der Waals surface area contributed by atoms with Crippen LogP contribution >= 0.6 is 0 Å². The maximum Gasteiger partial charge on any atom is 0.233 e. The summed E-state index contributed by atoms with van der Waals surface area (Å²) in [5, 5.41) is 35.8. The highest BCUT2D eigenvalue weighted by Gasteiger charge is 2.33. The molecule has 0 fully saturated rings. The summed E-state index contributed by atoms with van der Waals surface area (Å²) in [6.07, 6.45) is -1.85. The van der Waals surface area contributed by atoms with Crippen LogP contribution in [0.2, 0.25) is 0 Å². The van der Waals surface area contributed by atoms with Gasteiger partial charge < -0.3 is 20.4 Å². The highest BCUT2D eigenvalue weighted by molar-refractivity contribution is 6.00. The van der Waals surface area contributed by atoms with Gasteiger partial charge in [0.1, 0.15) is 0 Å². The average molecular weight is 172 g/mol. The number of aliphatic hydroxyl groups is 4. The Morgan fingerprint density at radius 3 is 2.17 bits per heavy atom. The summed E-state index contributed by atoms with van der Waals surface area (Å²) < 4.78 is 0. The van der Waals surface area contributed by atoms with Gasteiger partial charge in [0.2, 0.25) is 5.78 Å². The second-order valence-corrected chi connectivity index (χ2v) is 2.47. The van der Waals surface area contributed by atoms with Crippen LogP contribution in [0.5, 0.6) is 0 Å². The van der Waals surface area contributed by atoms with Gasteiger partial charge >= 0.3 is 0 Å². The quantitative estimate of drug-likeness (QED) is 0.415. The van der Waals surface area contributed by atoms with E-state index in [1.165, 1.54) is 6.92 Å². The van der Waals surface area contributed by atoms with Crippen molar-refractivity contribution in [2.24, 2.45) is 0 Å². The van der Waals surface area contributed by atoms with Crippen molar-refractivity contribution >= 4 is 5.78 Å². The minimum absolute atomic E-state index is 0.136. The van der Waals surface area contributed by atoms with E-state index in [0.29, 0.717) is 0 Å². The summed E-state index contributed by atoms with van der Waals surface area (Å²) in [5.74, 6) is -3.21. The fourth-order valence-corrected chi connectivity index (χ4v) is 0.872. The zero-order chi connectivity index (χ0) is 9.46. The number of allylic oxidation sites excluding steroid dienone is 1. The fraction of sp³-hybridized carbons (Fsp3) is 0.286. The Kier molecular flexibility index (Phi) is 1.81. The third-order valence-electron chi connectivity index (χ3n) is 1.69. The molecular formula is C7H8O5. The molecule has 1 rings (SSSR count). The van der Waals surface area contributed by atoms with Crippen LogP contribution in [0.1, 0.15) is 6.92 Å². The summed E-state index contributed by atoms with van der Waals surface area (Å²) >= 11 is 0. The van der Waals surface area contributed by atoms with Crippen molar-refractivity contribution in [3.63, 3.8) is 0 Å². The SMILES string of the molecule is CC1=C(O)C(=O)C(O)C(O)=C1O. The Hall–Kier alpha value is -1.49. The zero-order valence-corrected chi connectivity index (χ0v) is 6.27. The molecule has 0 radical (unpaired) electrons. The molecule has 0 aliphatic heterocycles. The summed E-state index contributed by atoms with van der Waals surface area (Å²) in [6, 6.07) is 0. The van der Waals surface area contributed by atoms with Gasteiger partial charge in [0.05, 0.1) is 0 Å². The van der Waals surface area contributed by atoms with Crippen LogP contribution in [0, 0.1) is 0 Å². The van der Waals surface area contributed by atoms with E-state index in [1.54, 1.807) is 0 Å². The Labute approximate surface area is 67.9 Å². The van der Waals surface area contributed by atoms with E-state index < -0.39 is 29.2 Å². The first kappa shape index (κ1) is 8.61. The van der Waals surface area contributed by atoms with E-state index in [4.69, 9.17) is 20.4 Å². The van der Waals surface area contributed by atoms with Gasteiger partial charge in [-0.2, -0.15) is 0 Å². The van der Waals surface area contributed by atoms with Gasteiger partial charge in [0, 0.05) is 5.57 Å². The van der Waals surface area contributed by atoms with Gasteiger partial charge in [-0.1, -0.05) is 0 Å². The summed E-state index contributed by atoms with van der Waals surface area (Å²) in [4.78, 5) is 10.8. The van der Waals surface area contributed by atoms with Crippen LogP contribution in [-0.4, -0.2) is 32.3 Å². The number of hydrogen-bond donors (Lipinski definition) is 4. The molecule has 0 amide bonds. The lowest BCUT2D eigenvalue weighted by Gasteiger charge is -2.17. The van der Waals surface area contributed by atoms with Crippen LogP contribution in [0.25, 0.3) is 0 Å². The maximum absolute atomic E-state index is 10.8. The van der Waals surface area contributed by atoms with Gasteiger partial charge in [-0.25, -0.2) is 0 Å². The third-order valence-corrected chi connectivity index (χ3v) is 1.69. The molecule has 0 bridgehead atoms. The third kappa shape index (κ3) is 0.947. The molecule has 0 aromatic rings. The van der Waals surface area contributed by atoms with Gasteiger partial charge in [0.25, 0.3) is 0 Å². The molecule has 0 aromatic heterocycles. The predicted octanol–water partition coefficient (Wildman–Crippen LogP) is 0.0896. The lowest BCUT2D eigenvalue weighted by molar-refractivity contribution is -0.126. The second-order valence-electron chi connectivity index (χ2n) is 2.47. The molecule has 0 spiro atoms. The summed E-state index contributed by atoms with van der Waals surface area (Å²) in [5.41, 5.74) is -0.136. The first-order valence-electron chi connectivity index (χ1n) is 3.21. The van der Waals surface area contributed by atoms with Crippen molar-refractivity contribution in [1.82, 2.24) is 0 Å². The van der Waals surface area contributed by atoms with E-state index in [-0.39, 0.29) is 5.57 Å². The van der Waals surface area contributed by atoms with E-state index in [2.05, 4.69) is 0 Å². The molecule has 1 aliphatic rings. The highest BCUT2D eigenvalue weighted by Crippen LogP contribution is 2.23. The van der Waals surface area contributed by atoms with Crippen molar-refractivity contribution in [2.45, 2.75) is 13.0 Å². The van der Waals surface area contributed by atoms with E-state index >= 15 is 0 Å². The number of rotatable bonds is 0. The molecule has 1 aliphatic carbocycles. The molecule has 4 N–H and O–H groups in total. The molecule has 5 nitrogen and oxygen atoms in total. The van der Waals surface area contributed by atoms with Gasteiger partial charge in [-0.05, 0) is 6.92 Å². The van der Waals surface area contributed by atoms with Crippen LogP contribution < -0.4 is 0 Å². The highest BCUT2D eigenvalue weighted by atomic mass is 16.4. The predicted molar refractivity (Wildman–Crippen MR) is 38.6 cm³/mol. The lowest BCUT2D eigenvalue weighted by Crippen LogP contribution is -2.30. The largest absolute Gasteiger partial charge is 0.506 e. The average Bonchev–Trinajstić information content (AvgIpc) is 2.08. The van der Waals surface area contributed by atoms with Crippen LogP contribution in [-0.2, 0) is 4.79 Å². The smallest absolute Gasteiger partial charge is 0.233 e. The van der Waals surface area contributed by atoms with Crippen LogP contribution in [0.3, 0.4) is 0 Å². The Balaban J connectivity index is 3.27. The molecule has 5 heteroatoms. The molecule has 66 valence electrons. The zero-order valence-electron chi connectivity index (χ0n) is 6.27. The van der Waals surface area contributed by atoms with E-state index in [9.17, 15) is 4.79 Å². The van der Waals surface area contributed by atoms with Crippen LogP contribution in [0.4, 0.5) is 0 Å². The lowest BCUT2D eigenvalue weighted by atomic mass is 9.99. The van der Waals surface area contributed by atoms with Crippen molar-refractivity contribution in [3.05, 3.63) is 22.9 Å². The number of ketones is 1. The second kappa shape index (κ2) is 2.53. The number of carbonyl (C=O) groups excluding carboxylic acids is 1. The number of carbonyl (C=O) groups is 1. The first-order valence-corrected chi connectivity index (χ1v) is 3.21. The number of aliphatic hydroxyl groups excluding tert-OH is 4. The van der Waals surface area contributed by atoms with Crippen molar-refractivity contribution in [2.75, 3.05) is 0 Å². The molecule has 1 unspecified atom stereocenters. The molecule has 0 saturated carbocycles. The number of hydrogen-bond acceptors (Lipinski definition) is 5. The van der Waals surface area contributed by atoms with E-state index in [0.717, 1.165) is 0 Å². The molecule has 0 saturated heterocycles. The fourth-order valence-electron chi connectivity index (χ4n) is 0.872. The minimum Gasteiger partial charge on any atom is -0.506 e. The Morgan fingerprint density at radius 1 is 1.17 bits per heavy atom. The van der Waals surface area contributed by atoms with Gasteiger partial charge in [-0.15, -0.1) is 0 Å². The standard InChI is InChI=1S/C7H8O5/c1-2-3(8)5(10)7(12)6(11)4(2)9/h7-10,12H,1H3.